The van der Waals surface area contributed by atoms with E-state index in [1.807, 2.05) is 18.3 Å². The number of rotatable bonds is 9. The number of hydrogen-bond acceptors (Lipinski definition) is 4. The lowest BCUT2D eigenvalue weighted by molar-refractivity contribution is -0.0601. The molecule has 3 rings (SSSR count). The monoisotopic (exact) mass is 427 g/mol. The second kappa shape index (κ2) is 10.5. The summed E-state index contributed by atoms with van der Waals surface area (Å²) >= 11 is 0. The van der Waals surface area contributed by atoms with Crippen LogP contribution in [0.3, 0.4) is 0 Å². The first kappa shape index (κ1) is 24.3. The van der Waals surface area contributed by atoms with Gasteiger partial charge in [-0.15, -0.1) is 0 Å². The summed E-state index contributed by atoms with van der Waals surface area (Å²) in [5.74, 6) is 0.412. The van der Waals surface area contributed by atoms with E-state index in [2.05, 4.69) is 45.7 Å². The molecule has 172 valence electrons. The molecule has 1 aromatic rings. The molecule has 2 aliphatic rings. The third-order valence-corrected chi connectivity index (χ3v) is 8.03. The number of nitrogens with one attached hydrogen (secondary N) is 1. The van der Waals surface area contributed by atoms with E-state index in [-0.39, 0.29) is 17.3 Å². The fraction of sp³-hybridized carbons (Fsp3) is 0.692. The van der Waals surface area contributed by atoms with Crippen LogP contribution in [0.2, 0.25) is 0 Å². The van der Waals surface area contributed by atoms with Crippen molar-refractivity contribution in [1.29, 1.82) is 0 Å². The Morgan fingerprint density at radius 2 is 1.65 bits per heavy atom. The molecular formula is C26H42BNO3. The van der Waals surface area contributed by atoms with Crippen molar-refractivity contribution in [3.8, 4) is 0 Å². The van der Waals surface area contributed by atoms with Crippen LogP contribution in [-0.4, -0.2) is 36.1 Å². The van der Waals surface area contributed by atoms with E-state index in [9.17, 15) is 5.11 Å². The highest BCUT2D eigenvalue weighted by Gasteiger charge is 2.58. The van der Waals surface area contributed by atoms with Crippen LogP contribution in [0.15, 0.2) is 18.2 Å². The molecule has 1 aliphatic heterocycles. The van der Waals surface area contributed by atoms with E-state index in [1.54, 1.807) is 0 Å². The molecule has 1 saturated carbocycles. The molecule has 1 aliphatic carbocycles. The van der Waals surface area contributed by atoms with E-state index < -0.39 is 7.12 Å². The molecule has 4 nitrogen and oxygen atoms in total. The summed E-state index contributed by atoms with van der Waals surface area (Å²) in [7, 11) is -0.405. The Bertz CT molecular complexity index is 792. The van der Waals surface area contributed by atoms with Crippen molar-refractivity contribution in [2.24, 2.45) is 5.92 Å². The molecule has 0 spiro atoms. The van der Waals surface area contributed by atoms with Crippen molar-refractivity contribution in [2.75, 3.05) is 6.54 Å². The van der Waals surface area contributed by atoms with Gasteiger partial charge in [0.25, 0.3) is 0 Å². The number of benzene rings is 1. The van der Waals surface area contributed by atoms with Crippen LogP contribution in [0.25, 0.3) is 12.8 Å². The molecule has 2 fully saturated rings. The van der Waals surface area contributed by atoms with E-state index in [0.29, 0.717) is 12.5 Å². The lowest BCUT2D eigenvalue weighted by Gasteiger charge is -2.42. The van der Waals surface area contributed by atoms with Gasteiger partial charge in [-0.1, -0.05) is 71.7 Å². The molecule has 1 atom stereocenters. The topological polar surface area (TPSA) is 50.7 Å². The smallest absolute Gasteiger partial charge is 0.399 e. The van der Waals surface area contributed by atoms with Crippen LogP contribution in [0.4, 0.5) is 0 Å². The zero-order valence-corrected chi connectivity index (χ0v) is 20.1. The molecule has 2 N–H and O–H groups in total. The molecule has 0 amide bonds. The van der Waals surface area contributed by atoms with Gasteiger partial charge in [-0.3, -0.25) is 0 Å². The summed E-state index contributed by atoms with van der Waals surface area (Å²) in [5, 5.41) is 15.9. The largest absolute Gasteiger partial charge is 0.495 e. The Labute approximate surface area is 189 Å². The quantitative estimate of drug-likeness (QED) is 0.595. The third-order valence-electron chi connectivity index (χ3n) is 8.03. The predicted octanol–water partition coefficient (Wildman–Crippen LogP) is 3.23. The maximum atomic E-state index is 10.6. The van der Waals surface area contributed by atoms with Crippen molar-refractivity contribution in [3.63, 3.8) is 0 Å². The molecular weight excluding hydrogens is 385 g/mol. The maximum Gasteiger partial charge on any atom is 0.495 e. The van der Waals surface area contributed by atoms with Crippen molar-refractivity contribution in [1.82, 2.24) is 5.32 Å². The molecule has 1 unspecified atom stereocenters. The van der Waals surface area contributed by atoms with Crippen LogP contribution >= 0.6 is 0 Å². The van der Waals surface area contributed by atoms with Gasteiger partial charge >= 0.3 is 7.12 Å². The van der Waals surface area contributed by atoms with Crippen LogP contribution in [0.1, 0.15) is 85.5 Å². The minimum atomic E-state index is -0.405. The van der Waals surface area contributed by atoms with Gasteiger partial charge in [-0.2, -0.15) is 0 Å². The van der Waals surface area contributed by atoms with Crippen molar-refractivity contribution < 1.29 is 14.4 Å². The molecule has 0 aromatic heterocycles. The standard InChI is InChI=1S/C26H42BNO3/c1-6-25(7-2)26(8-3,9-4)31-27(30-25)23-17-13-14-20(5)22(23)18-28-19-24(29)21-15-11-10-12-16-21/h13-14,17-18,21,24,28-29H,5-12,15-16,19H2,1-4H3/b22-18+. The normalized spacial score (nSPS) is 22.6. The van der Waals surface area contributed by atoms with Crippen LogP contribution in [0, 0.1) is 5.92 Å². The van der Waals surface area contributed by atoms with Crippen molar-refractivity contribution >= 4 is 25.4 Å². The Morgan fingerprint density at radius 1 is 1.06 bits per heavy atom. The third kappa shape index (κ3) is 4.74. The second-order valence-electron chi connectivity index (χ2n) is 9.41. The van der Waals surface area contributed by atoms with Crippen LogP contribution in [0.5, 0.6) is 0 Å². The molecule has 1 heterocycles. The first-order valence-corrected chi connectivity index (χ1v) is 12.5. The lowest BCUT2D eigenvalue weighted by atomic mass is 9.75. The minimum absolute atomic E-state index is 0.278. The Hall–Kier alpha value is -1.30. The van der Waals surface area contributed by atoms with E-state index in [0.717, 1.165) is 54.4 Å². The highest BCUT2D eigenvalue weighted by atomic mass is 16.7. The summed E-state index contributed by atoms with van der Waals surface area (Å²) in [6.07, 6.45) is 11.4. The van der Waals surface area contributed by atoms with Gasteiger partial charge in [-0.25, -0.2) is 0 Å². The van der Waals surface area contributed by atoms with Crippen molar-refractivity contribution in [3.05, 3.63) is 28.6 Å². The summed E-state index contributed by atoms with van der Waals surface area (Å²) in [6.45, 7) is 13.6. The van der Waals surface area contributed by atoms with Gasteiger partial charge in [0.15, 0.2) is 0 Å². The highest BCUT2D eigenvalue weighted by Crippen LogP contribution is 2.46. The van der Waals surface area contributed by atoms with E-state index in [4.69, 9.17) is 9.31 Å². The zero-order chi connectivity index (χ0) is 22.5. The fourth-order valence-corrected chi connectivity index (χ4v) is 5.88. The summed E-state index contributed by atoms with van der Waals surface area (Å²) in [5.41, 5.74) is 0.461. The van der Waals surface area contributed by atoms with Gasteiger partial charge in [0.05, 0.1) is 17.3 Å². The van der Waals surface area contributed by atoms with Gasteiger partial charge in [0.1, 0.15) is 0 Å². The van der Waals surface area contributed by atoms with Gasteiger partial charge in [0.2, 0.25) is 0 Å². The molecule has 5 heteroatoms. The average Bonchev–Trinajstić information content (AvgIpc) is 3.15. The van der Waals surface area contributed by atoms with Gasteiger partial charge in [0, 0.05) is 12.7 Å². The fourth-order valence-electron chi connectivity index (χ4n) is 5.88. The van der Waals surface area contributed by atoms with Gasteiger partial charge < -0.3 is 19.7 Å². The second-order valence-corrected chi connectivity index (χ2v) is 9.41. The van der Waals surface area contributed by atoms with Crippen LogP contribution < -0.4 is 21.2 Å². The van der Waals surface area contributed by atoms with Gasteiger partial charge in [-0.05, 0) is 60.3 Å². The maximum absolute atomic E-state index is 10.6. The summed E-state index contributed by atoms with van der Waals surface area (Å²) in [4.78, 5) is 0. The first-order chi connectivity index (χ1) is 15.0. The Balaban J connectivity index is 1.84. The number of hydrogen-bond donors (Lipinski definition) is 2. The molecule has 0 bridgehead atoms. The average molecular weight is 427 g/mol. The van der Waals surface area contributed by atoms with E-state index >= 15 is 0 Å². The summed E-state index contributed by atoms with van der Waals surface area (Å²) in [6, 6.07) is 6.13. The first-order valence-electron chi connectivity index (χ1n) is 12.5. The lowest BCUT2D eigenvalue weighted by Crippen LogP contribution is -2.50. The Kier molecular flexibility index (Phi) is 8.28. The molecule has 1 saturated heterocycles. The zero-order valence-electron chi connectivity index (χ0n) is 20.1. The number of aliphatic hydroxyl groups is 1. The highest BCUT2D eigenvalue weighted by molar-refractivity contribution is 6.62. The summed E-state index contributed by atoms with van der Waals surface area (Å²) < 4.78 is 13.4. The Morgan fingerprint density at radius 3 is 2.19 bits per heavy atom. The van der Waals surface area contributed by atoms with Crippen LogP contribution in [-0.2, 0) is 9.31 Å². The molecule has 0 radical (unpaired) electrons. The molecule has 1 aromatic carbocycles. The van der Waals surface area contributed by atoms with E-state index in [1.165, 1.54) is 19.3 Å². The minimum Gasteiger partial charge on any atom is -0.399 e. The SMILES string of the molecule is C=c1cccc(B2OC(CC)(CC)C(CC)(CC)O2)/c1=C/NCC(O)C1CCCCC1. The molecule has 31 heavy (non-hydrogen) atoms. The number of aliphatic hydroxyl groups excluding tert-OH is 1. The predicted molar refractivity (Wildman–Crippen MR) is 130 cm³/mol. The van der Waals surface area contributed by atoms with Crippen molar-refractivity contribution in [2.45, 2.75) is 103 Å².